The summed E-state index contributed by atoms with van der Waals surface area (Å²) in [6, 6.07) is 16.4. The van der Waals surface area contributed by atoms with Crippen molar-refractivity contribution in [1.82, 2.24) is 14.5 Å². The number of carbonyl (C=O) groups excluding carboxylic acids is 2. The Kier molecular flexibility index (Phi) is 7.61. The number of sulfonamides is 1. The summed E-state index contributed by atoms with van der Waals surface area (Å²) in [6.45, 7) is 3.76. The van der Waals surface area contributed by atoms with Crippen LogP contribution < -0.4 is 10.6 Å². The Morgan fingerprint density at radius 1 is 0.974 bits per heavy atom. The normalized spacial score (nSPS) is 14.9. The number of rotatable bonds is 10. The number of hydrogen-bond donors (Lipinski definition) is 3. The number of para-hydroxylation sites is 1. The molecule has 200 valence electrons. The number of aryl methyl sites for hydroxylation is 1. The summed E-state index contributed by atoms with van der Waals surface area (Å²) in [5.74, 6) is -0.438. The van der Waals surface area contributed by atoms with Crippen molar-refractivity contribution in [3.63, 3.8) is 0 Å². The van der Waals surface area contributed by atoms with Crippen molar-refractivity contribution >= 4 is 27.5 Å². The molecule has 38 heavy (non-hydrogen) atoms. The van der Waals surface area contributed by atoms with E-state index in [4.69, 9.17) is 4.42 Å². The molecule has 3 aromatic rings. The molecule has 2 aromatic carbocycles. The molecule has 0 unspecified atom stereocenters. The number of anilines is 1. The lowest BCUT2D eigenvalue weighted by Gasteiger charge is -2.18. The van der Waals surface area contributed by atoms with Gasteiger partial charge in [0.25, 0.3) is 11.8 Å². The number of nitrogens with zero attached hydrogens (tertiary/aromatic N) is 2. The molecule has 0 fully saturated rings. The molecule has 0 saturated heterocycles. The fraction of sp³-hybridized carbons (Fsp3) is 0.259. The molecular weight excluding hydrogens is 508 g/mol. The van der Waals surface area contributed by atoms with Gasteiger partial charge < -0.3 is 20.2 Å². The standard InChI is InChI=1S/C27H30N4O6S/c1-5-19(21-15-14-17(2)37-21)28-23-24(27(34)31(26(23)33)16-18-10-7-6-8-11-18)29-20-12-9-13-22(25(20)32)38(35,36)30(3)4/h6-15,19,28-29,32H,5,16H2,1-4H3/t19-/m1/s1. The molecule has 0 radical (unpaired) electrons. The number of nitrogens with one attached hydrogen (secondary N) is 2. The smallest absolute Gasteiger partial charge is 0.279 e. The first kappa shape index (κ1) is 27.0. The number of imide groups is 1. The zero-order valence-corrected chi connectivity index (χ0v) is 22.4. The van der Waals surface area contributed by atoms with Gasteiger partial charge in [-0.3, -0.25) is 14.5 Å². The summed E-state index contributed by atoms with van der Waals surface area (Å²) in [4.78, 5) is 27.9. The van der Waals surface area contributed by atoms with Crippen molar-refractivity contribution in [2.24, 2.45) is 0 Å². The van der Waals surface area contributed by atoms with Crippen LogP contribution in [-0.2, 0) is 26.2 Å². The summed E-state index contributed by atoms with van der Waals surface area (Å²) >= 11 is 0. The van der Waals surface area contributed by atoms with E-state index in [0.717, 1.165) is 14.8 Å². The van der Waals surface area contributed by atoms with Crippen LogP contribution in [0.3, 0.4) is 0 Å². The zero-order chi connectivity index (χ0) is 27.6. The van der Waals surface area contributed by atoms with Gasteiger partial charge in [0.15, 0.2) is 5.75 Å². The van der Waals surface area contributed by atoms with Crippen LogP contribution in [0.5, 0.6) is 5.75 Å². The predicted molar refractivity (Wildman–Crippen MR) is 141 cm³/mol. The molecule has 1 aliphatic heterocycles. The number of hydrogen-bond acceptors (Lipinski definition) is 8. The Bertz CT molecular complexity index is 1490. The molecule has 3 N–H and O–H groups in total. The number of benzene rings is 2. The number of aromatic hydroxyl groups is 1. The van der Waals surface area contributed by atoms with Crippen LogP contribution in [0.1, 0.15) is 36.5 Å². The first-order chi connectivity index (χ1) is 18.0. The Balaban J connectivity index is 1.75. The second-order valence-corrected chi connectivity index (χ2v) is 11.2. The van der Waals surface area contributed by atoms with Crippen molar-refractivity contribution in [1.29, 1.82) is 0 Å². The van der Waals surface area contributed by atoms with E-state index in [0.29, 0.717) is 17.9 Å². The molecule has 0 spiro atoms. The summed E-state index contributed by atoms with van der Waals surface area (Å²) in [6.07, 6.45) is 0.547. The monoisotopic (exact) mass is 538 g/mol. The number of phenols is 1. The van der Waals surface area contributed by atoms with Crippen LogP contribution in [0.25, 0.3) is 0 Å². The van der Waals surface area contributed by atoms with Crippen LogP contribution in [0.2, 0.25) is 0 Å². The topological polar surface area (TPSA) is 132 Å². The first-order valence-corrected chi connectivity index (χ1v) is 13.5. The maximum absolute atomic E-state index is 13.6. The fourth-order valence-electron chi connectivity index (χ4n) is 4.09. The number of furan rings is 1. The van der Waals surface area contributed by atoms with Gasteiger partial charge in [-0.25, -0.2) is 12.7 Å². The SMILES string of the molecule is CC[C@@H](NC1=C(Nc2cccc(S(=O)(=O)N(C)C)c2O)C(=O)N(Cc2ccccc2)C1=O)c1ccc(C)o1. The third kappa shape index (κ3) is 5.15. The van der Waals surface area contributed by atoms with E-state index in [1.54, 1.807) is 18.2 Å². The van der Waals surface area contributed by atoms with Gasteiger partial charge in [0.1, 0.15) is 27.8 Å². The van der Waals surface area contributed by atoms with Gasteiger partial charge >= 0.3 is 0 Å². The number of carbonyl (C=O) groups is 2. The molecule has 0 bridgehead atoms. The van der Waals surface area contributed by atoms with Gasteiger partial charge in [-0.1, -0.05) is 43.3 Å². The highest BCUT2D eigenvalue weighted by Crippen LogP contribution is 2.35. The Hall–Kier alpha value is -4.09. The third-order valence-corrected chi connectivity index (χ3v) is 8.05. The average Bonchev–Trinajstić information content (AvgIpc) is 3.41. The second-order valence-electron chi connectivity index (χ2n) is 9.05. The van der Waals surface area contributed by atoms with Crippen LogP contribution in [-0.4, -0.2) is 48.6 Å². The van der Waals surface area contributed by atoms with Crippen LogP contribution in [0.4, 0.5) is 5.69 Å². The summed E-state index contributed by atoms with van der Waals surface area (Å²) < 4.78 is 32.1. The quantitative estimate of drug-likeness (QED) is 0.264. The summed E-state index contributed by atoms with van der Waals surface area (Å²) in [5, 5.41) is 16.8. The predicted octanol–water partition coefficient (Wildman–Crippen LogP) is 3.48. The third-order valence-electron chi connectivity index (χ3n) is 6.20. The number of amides is 2. The second kappa shape index (κ2) is 10.7. The minimum Gasteiger partial charge on any atom is -0.504 e. The minimum absolute atomic E-state index is 0.00731. The summed E-state index contributed by atoms with van der Waals surface area (Å²) in [7, 11) is -1.28. The highest BCUT2D eigenvalue weighted by Gasteiger charge is 2.40. The van der Waals surface area contributed by atoms with E-state index in [9.17, 15) is 23.1 Å². The van der Waals surface area contributed by atoms with Crippen LogP contribution in [0.15, 0.2) is 81.4 Å². The molecule has 1 atom stereocenters. The van der Waals surface area contributed by atoms with Crippen molar-refractivity contribution in [3.05, 3.63) is 89.1 Å². The molecule has 1 aliphatic rings. The van der Waals surface area contributed by atoms with Crippen molar-refractivity contribution in [2.75, 3.05) is 19.4 Å². The van der Waals surface area contributed by atoms with E-state index < -0.39 is 33.6 Å². The number of phenolic OH excluding ortho intramolecular Hbond substituents is 1. The lowest BCUT2D eigenvalue weighted by atomic mass is 10.1. The lowest BCUT2D eigenvalue weighted by molar-refractivity contribution is -0.138. The Morgan fingerprint density at radius 3 is 2.26 bits per heavy atom. The lowest BCUT2D eigenvalue weighted by Crippen LogP contribution is -2.34. The van der Waals surface area contributed by atoms with Crippen molar-refractivity contribution in [3.8, 4) is 5.75 Å². The molecule has 2 heterocycles. The minimum atomic E-state index is -3.97. The molecule has 2 amide bonds. The van der Waals surface area contributed by atoms with Gasteiger partial charge in [0, 0.05) is 14.1 Å². The van der Waals surface area contributed by atoms with Gasteiger partial charge in [0.05, 0.1) is 18.3 Å². The molecular formula is C27H30N4O6S. The Morgan fingerprint density at radius 2 is 1.66 bits per heavy atom. The average molecular weight is 539 g/mol. The summed E-state index contributed by atoms with van der Waals surface area (Å²) in [5.41, 5.74) is 0.603. The molecule has 4 rings (SSSR count). The maximum atomic E-state index is 13.6. The molecule has 11 heteroatoms. The highest BCUT2D eigenvalue weighted by molar-refractivity contribution is 7.89. The van der Waals surface area contributed by atoms with Crippen LogP contribution in [0, 0.1) is 6.92 Å². The van der Waals surface area contributed by atoms with E-state index in [-0.39, 0.29) is 28.5 Å². The van der Waals surface area contributed by atoms with E-state index in [1.165, 1.54) is 32.3 Å². The van der Waals surface area contributed by atoms with E-state index in [1.807, 2.05) is 38.1 Å². The highest BCUT2D eigenvalue weighted by atomic mass is 32.2. The zero-order valence-electron chi connectivity index (χ0n) is 21.6. The van der Waals surface area contributed by atoms with Gasteiger partial charge in [-0.2, -0.15) is 0 Å². The van der Waals surface area contributed by atoms with Gasteiger partial charge in [-0.05, 0) is 43.2 Å². The van der Waals surface area contributed by atoms with Crippen molar-refractivity contribution in [2.45, 2.75) is 37.8 Å². The molecule has 0 aliphatic carbocycles. The fourth-order valence-corrected chi connectivity index (χ4v) is 5.09. The largest absolute Gasteiger partial charge is 0.504 e. The molecule has 0 saturated carbocycles. The van der Waals surface area contributed by atoms with Gasteiger partial charge in [0.2, 0.25) is 10.0 Å². The molecule has 10 nitrogen and oxygen atoms in total. The Labute approximate surface area is 221 Å². The molecule has 1 aromatic heterocycles. The van der Waals surface area contributed by atoms with Crippen molar-refractivity contribution < 1.29 is 27.5 Å². The first-order valence-electron chi connectivity index (χ1n) is 12.0. The van der Waals surface area contributed by atoms with E-state index >= 15 is 0 Å². The van der Waals surface area contributed by atoms with Gasteiger partial charge in [-0.15, -0.1) is 0 Å². The van der Waals surface area contributed by atoms with Crippen LogP contribution >= 0.6 is 0 Å². The van der Waals surface area contributed by atoms with E-state index in [2.05, 4.69) is 10.6 Å². The maximum Gasteiger partial charge on any atom is 0.279 e.